The van der Waals surface area contributed by atoms with Crippen LogP contribution in [0.4, 0.5) is 0 Å². The highest BCUT2D eigenvalue weighted by Gasteiger charge is 2.29. The summed E-state index contributed by atoms with van der Waals surface area (Å²) >= 11 is 0. The van der Waals surface area contributed by atoms with Crippen LogP contribution >= 0.6 is 12.4 Å². The molecule has 0 aromatic heterocycles. The standard InChI is InChI=1S/C14H27N3O3S.ClH/c1-15-7-3-13-4-9-16(10-5-13)14(18)6-11-17-8-2-12-21(17,19)20;/h13,15H,2-12H2,1H3;1H. The van der Waals surface area contributed by atoms with Crippen molar-refractivity contribution in [2.45, 2.75) is 32.1 Å². The van der Waals surface area contributed by atoms with Crippen LogP contribution in [0.3, 0.4) is 0 Å². The van der Waals surface area contributed by atoms with Crippen molar-refractivity contribution in [2.24, 2.45) is 5.92 Å². The Balaban J connectivity index is 0.00000242. The lowest BCUT2D eigenvalue weighted by molar-refractivity contribution is -0.132. The van der Waals surface area contributed by atoms with E-state index in [-0.39, 0.29) is 24.1 Å². The Morgan fingerprint density at radius 2 is 1.91 bits per heavy atom. The Morgan fingerprint density at radius 3 is 2.45 bits per heavy atom. The zero-order valence-electron chi connectivity index (χ0n) is 13.3. The number of carbonyl (C=O) groups is 1. The highest BCUT2D eigenvalue weighted by Crippen LogP contribution is 2.21. The van der Waals surface area contributed by atoms with E-state index in [1.54, 1.807) is 0 Å². The number of nitrogens with zero attached hydrogens (tertiary/aromatic N) is 2. The van der Waals surface area contributed by atoms with Gasteiger partial charge in [0.05, 0.1) is 5.75 Å². The largest absolute Gasteiger partial charge is 0.343 e. The molecule has 2 saturated heterocycles. The SMILES string of the molecule is CNCCC1CCN(C(=O)CCN2CCCS2(=O)=O)CC1.Cl. The number of hydrogen-bond donors (Lipinski definition) is 1. The number of nitrogens with one attached hydrogen (secondary N) is 1. The van der Waals surface area contributed by atoms with Crippen molar-refractivity contribution in [1.82, 2.24) is 14.5 Å². The third kappa shape index (κ3) is 5.37. The summed E-state index contributed by atoms with van der Waals surface area (Å²) in [5, 5.41) is 3.17. The second-order valence-corrected chi connectivity index (χ2v) is 8.12. The van der Waals surface area contributed by atoms with Gasteiger partial charge in [-0.3, -0.25) is 4.79 Å². The van der Waals surface area contributed by atoms with Gasteiger partial charge >= 0.3 is 0 Å². The van der Waals surface area contributed by atoms with Gasteiger partial charge in [-0.1, -0.05) is 0 Å². The van der Waals surface area contributed by atoms with Crippen LogP contribution in [0.5, 0.6) is 0 Å². The average Bonchev–Trinajstić information content (AvgIpc) is 2.82. The smallest absolute Gasteiger partial charge is 0.223 e. The lowest BCUT2D eigenvalue weighted by Crippen LogP contribution is -2.40. The van der Waals surface area contributed by atoms with Crippen LogP contribution < -0.4 is 5.32 Å². The Bertz CT molecular complexity index is 450. The molecule has 1 N–H and O–H groups in total. The van der Waals surface area contributed by atoms with Crippen LogP contribution in [0, 0.1) is 5.92 Å². The molecule has 2 aliphatic heterocycles. The summed E-state index contributed by atoms with van der Waals surface area (Å²) < 4.78 is 24.8. The van der Waals surface area contributed by atoms with Crippen molar-refractivity contribution in [3.05, 3.63) is 0 Å². The van der Waals surface area contributed by atoms with Crippen LogP contribution in [-0.4, -0.2) is 69.1 Å². The normalized spacial score (nSPS) is 22.5. The molecule has 2 heterocycles. The number of sulfonamides is 1. The van der Waals surface area contributed by atoms with Crippen LogP contribution in [0.25, 0.3) is 0 Å². The molecule has 0 atom stereocenters. The fraction of sp³-hybridized carbons (Fsp3) is 0.929. The fourth-order valence-corrected chi connectivity index (χ4v) is 4.67. The molecule has 0 unspecified atom stereocenters. The lowest BCUT2D eigenvalue weighted by Gasteiger charge is -2.32. The van der Waals surface area contributed by atoms with Crippen LogP contribution in [0.1, 0.15) is 32.1 Å². The maximum absolute atomic E-state index is 12.2. The average molecular weight is 354 g/mol. The summed E-state index contributed by atoms with van der Waals surface area (Å²) in [6.45, 7) is 3.59. The van der Waals surface area contributed by atoms with E-state index in [0.717, 1.165) is 32.5 Å². The molecule has 0 aliphatic carbocycles. The van der Waals surface area contributed by atoms with E-state index >= 15 is 0 Å². The first-order valence-corrected chi connectivity index (χ1v) is 9.54. The third-order valence-corrected chi connectivity index (χ3v) is 6.50. The van der Waals surface area contributed by atoms with E-state index in [1.165, 1.54) is 10.7 Å². The summed E-state index contributed by atoms with van der Waals surface area (Å²) in [5.74, 6) is 1.04. The minimum absolute atomic E-state index is 0. The summed E-state index contributed by atoms with van der Waals surface area (Å²) in [6, 6.07) is 0. The maximum atomic E-state index is 12.2. The van der Waals surface area contributed by atoms with Gasteiger partial charge in [0, 0.05) is 32.6 Å². The summed E-state index contributed by atoms with van der Waals surface area (Å²) in [7, 11) is -1.11. The predicted molar refractivity (Wildman–Crippen MR) is 89.7 cm³/mol. The molecule has 130 valence electrons. The molecular formula is C14H28ClN3O3S. The molecule has 2 rings (SSSR count). The van der Waals surface area contributed by atoms with Gasteiger partial charge in [-0.05, 0) is 45.2 Å². The molecule has 0 radical (unpaired) electrons. The molecule has 22 heavy (non-hydrogen) atoms. The Hall–Kier alpha value is -0.370. The fourth-order valence-electron chi connectivity index (χ4n) is 3.14. The van der Waals surface area contributed by atoms with Gasteiger partial charge in [-0.2, -0.15) is 0 Å². The first-order valence-electron chi connectivity index (χ1n) is 7.93. The molecule has 1 amide bonds. The second kappa shape index (κ2) is 9.05. The maximum Gasteiger partial charge on any atom is 0.223 e. The zero-order valence-corrected chi connectivity index (χ0v) is 14.9. The predicted octanol–water partition coefficient (Wildman–Crippen LogP) is 0.682. The summed E-state index contributed by atoms with van der Waals surface area (Å²) in [4.78, 5) is 14.1. The minimum atomic E-state index is -3.08. The molecule has 8 heteroatoms. The molecule has 0 aromatic rings. The quantitative estimate of drug-likeness (QED) is 0.762. The number of likely N-dealkylation sites (tertiary alicyclic amines) is 1. The van der Waals surface area contributed by atoms with Crippen LogP contribution in [0.2, 0.25) is 0 Å². The van der Waals surface area contributed by atoms with Crippen molar-refractivity contribution in [1.29, 1.82) is 0 Å². The Labute approximate surface area is 140 Å². The van der Waals surface area contributed by atoms with Crippen molar-refractivity contribution in [3.63, 3.8) is 0 Å². The van der Waals surface area contributed by atoms with Gasteiger partial charge < -0.3 is 10.2 Å². The van der Waals surface area contributed by atoms with Crippen molar-refractivity contribution in [2.75, 3.05) is 45.5 Å². The first kappa shape index (κ1) is 19.7. The van der Waals surface area contributed by atoms with Crippen molar-refractivity contribution >= 4 is 28.3 Å². The number of carbonyl (C=O) groups excluding carboxylic acids is 1. The number of piperidine rings is 1. The number of amides is 1. The molecule has 2 fully saturated rings. The molecule has 0 bridgehead atoms. The molecule has 6 nitrogen and oxygen atoms in total. The van der Waals surface area contributed by atoms with Gasteiger partial charge in [0.15, 0.2) is 0 Å². The minimum Gasteiger partial charge on any atom is -0.343 e. The van der Waals surface area contributed by atoms with E-state index in [0.29, 0.717) is 31.8 Å². The second-order valence-electron chi connectivity index (χ2n) is 6.04. The van der Waals surface area contributed by atoms with E-state index in [9.17, 15) is 13.2 Å². The van der Waals surface area contributed by atoms with Gasteiger partial charge in [0.1, 0.15) is 0 Å². The van der Waals surface area contributed by atoms with Crippen LogP contribution in [-0.2, 0) is 14.8 Å². The number of rotatable bonds is 6. The van der Waals surface area contributed by atoms with Gasteiger partial charge in [-0.15, -0.1) is 12.4 Å². The van der Waals surface area contributed by atoms with E-state index in [2.05, 4.69) is 5.32 Å². The van der Waals surface area contributed by atoms with Crippen LogP contribution in [0.15, 0.2) is 0 Å². The number of halogens is 1. The first-order chi connectivity index (χ1) is 10.0. The molecule has 0 aromatic carbocycles. The van der Waals surface area contributed by atoms with E-state index in [1.807, 2.05) is 11.9 Å². The summed E-state index contributed by atoms with van der Waals surface area (Å²) in [5.41, 5.74) is 0. The lowest BCUT2D eigenvalue weighted by atomic mass is 9.93. The van der Waals surface area contributed by atoms with Gasteiger partial charge in [0.25, 0.3) is 0 Å². The summed E-state index contributed by atoms with van der Waals surface area (Å²) in [6.07, 6.45) is 4.31. The monoisotopic (exact) mass is 353 g/mol. The zero-order chi connectivity index (χ0) is 15.3. The molecular weight excluding hydrogens is 326 g/mol. The molecule has 0 saturated carbocycles. The highest BCUT2D eigenvalue weighted by atomic mass is 35.5. The van der Waals surface area contributed by atoms with E-state index in [4.69, 9.17) is 0 Å². The Kier molecular flexibility index (Phi) is 8.10. The van der Waals surface area contributed by atoms with Crippen molar-refractivity contribution in [3.8, 4) is 0 Å². The topological polar surface area (TPSA) is 69.7 Å². The molecule has 0 spiro atoms. The third-order valence-electron chi connectivity index (χ3n) is 4.55. The van der Waals surface area contributed by atoms with Gasteiger partial charge in [-0.25, -0.2) is 12.7 Å². The van der Waals surface area contributed by atoms with Crippen molar-refractivity contribution < 1.29 is 13.2 Å². The van der Waals surface area contributed by atoms with Gasteiger partial charge in [0.2, 0.25) is 15.9 Å². The number of hydrogen-bond acceptors (Lipinski definition) is 4. The molecule has 2 aliphatic rings. The van der Waals surface area contributed by atoms with E-state index < -0.39 is 10.0 Å². The Morgan fingerprint density at radius 1 is 1.23 bits per heavy atom. The highest BCUT2D eigenvalue weighted by molar-refractivity contribution is 7.89.